The second kappa shape index (κ2) is 10.1. The Morgan fingerprint density at radius 3 is 1.92 bits per heavy atom. The Morgan fingerprint density at radius 2 is 1.54 bits per heavy atom. The van der Waals surface area contributed by atoms with Crippen molar-refractivity contribution in [1.82, 2.24) is 4.90 Å². The minimum Gasteiger partial charge on any atom is -0.493 e. The zero-order valence-electron chi connectivity index (χ0n) is 14.6. The third kappa shape index (κ3) is 9.33. The van der Waals surface area contributed by atoms with Crippen LogP contribution in [0.4, 0.5) is 0 Å². The first-order valence-corrected chi connectivity index (χ1v) is 7.96. The third-order valence-electron chi connectivity index (χ3n) is 2.69. The van der Waals surface area contributed by atoms with Crippen molar-refractivity contribution in [3.63, 3.8) is 0 Å². The van der Waals surface area contributed by atoms with Crippen molar-refractivity contribution >= 4 is 11.9 Å². The van der Waals surface area contributed by atoms with Gasteiger partial charge in [-0.2, -0.15) is 0 Å². The number of hydrogen-bond acceptors (Lipinski definition) is 7. The van der Waals surface area contributed by atoms with Crippen molar-refractivity contribution in [2.45, 2.75) is 0 Å². The van der Waals surface area contributed by atoms with Gasteiger partial charge in [-0.15, -0.1) is 10.2 Å². The van der Waals surface area contributed by atoms with E-state index in [1.165, 1.54) is 0 Å². The average molecular weight is 363 g/mol. The molecule has 136 valence electrons. The molecule has 0 N–H and O–H groups in total. The first-order chi connectivity index (χ1) is 11.0. The maximum atomic E-state index is 8.49. The summed E-state index contributed by atoms with van der Waals surface area (Å²) in [5.41, 5.74) is 2.19. The molecule has 0 aliphatic heterocycles. The molecule has 0 fully saturated rings. The maximum absolute atomic E-state index is 8.49. The molecule has 1 aromatic rings. The quantitative estimate of drug-likeness (QED) is 0.410. The summed E-state index contributed by atoms with van der Waals surface area (Å²) in [6, 6.07) is 5.92. The summed E-state index contributed by atoms with van der Waals surface area (Å²) in [7, 11) is 6.38. The normalized spacial score (nSPS) is 11.2. The van der Waals surface area contributed by atoms with E-state index >= 15 is 0 Å². The van der Waals surface area contributed by atoms with Crippen LogP contribution >= 0.6 is 0 Å². The molecule has 8 nitrogen and oxygen atoms in total. The molecular weight excluding hydrogens is 340 g/mol. The third-order valence-corrected chi connectivity index (χ3v) is 2.69. The zero-order valence-corrected chi connectivity index (χ0v) is 15.4. The molecule has 0 aliphatic rings. The average Bonchev–Trinajstić information content (AvgIpc) is 2.44. The lowest BCUT2D eigenvalue weighted by Gasteiger charge is -2.18. The smallest absolute Gasteiger partial charge is 0.164 e. The van der Waals surface area contributed by atoms with E-state index in [9.17, 15) is 0 Å². The lowest BCUT2D eigenvalue weighted by molar-refractivity contribution is -2.00. The Balaban J connectivity index is 0.000000922. The molecule has 0 aliphatic carbocycles. The Hall–Kier alpha value is -1.84. The van der Waals surface area contributed by atoms with E-state index in [1.807, 2.05) is 57.2 Å². The summed E-state index contributed by atoms with van der Waals surface area (Å²) in [5.74, 6) is 1.47. The van der Waals surface area contributed by atoms with Gasteiger partial charge in [0.05, 0.1) is 14.2 Å². The van der Waals surface area contributed by atoms with Crippen molar-refractivity contribution < 1.29 is 42.9 Å². The highest BCUT2D eigenvalue weighted by molar-refractivity contribution is 5.81. The van der Waals surface area contributed by atoms with Crippen LogP contribution in [0.2, 0.25) is 0 Å². The summed E-state index contributed by atoms with van der Waals surface area (Å²) in [5, 5.41) is 0. The van der Waals surface area contributed by atoms with E-state index in [4.69, 9.17) is 28.1 Å². The molecule has 0 atom stereocenters. The zero-order chi connectivity index (χ0) is 18.9. The van der Waals surface area contributed by atoms with Gasteiger partial charge in [0.25, 0.3) is 0 Å². The van der Waals surface area contributed by atoms with Crippen LogP contribution in [0.25, 0.3) is 5.70 Å². The van der Waals surface area contributed by atoms with E-state index in [1.54, 1.807) is 14.2 Å². The van der Waals surface area contributed by atoms with Gasteiger partial charge in [0, 0.05) is 31.4 Å². The van der Waals surface area contributed by atoms with Crippen LogP contribution in [0.1, 0.15) is 5.56 Å². The van der Waals surface area contributed by atoms with Crippen LogP contribution in [0, 0.1) is 10.2 Å². The van der Waals surface area contributed by atoms with Gasteiger partial charge in [-0.05, 0) is 18.2 Å². The number of nitrogens with zero attached hydrogens (tertiary/aromatic N) is 2. The number of rotatable bonds is 5. The van der Waals surface area contributed by atoms with E-state index in [-0.39, 0.29) is 0 Å². The monoisotopic (exact) mass is 362 g/mol. The highest BCUT2D eigenvalue weighted by atomic mass is 35.7. The SMILES string of the molecule is COc1ccc(/C(=C/C=[N+](C)C)N(C)C)cc1OC.[O-][Cl+3]([O-])([O-])[O-]. The summed E-state index contributed by atoms with van der Waals surface area (Å²) >= 11 is 0. The van der Waals surface area contributed by atoms with Gasteiger partial charge in [0.2, 0.25) is 0 Å². The maximum Gasteiger partial charge on any atom is 0.164 e. The Kier molecular flexibility index (Phi) is 9.34. The fourth-order valence-corrected chi connectivity index (χ4v) is 1.72. The highest BCUT2D eigenvalue weighted by Crippen LogP contribution is 2.30. The second-order valence-corrected chi connectivity index (χ2v) is 5.76. The van der Waals surface area contributed by atoms with Gasteiger partial charge in [-0.1, -0.05) is 0 Å². The molecule has 9 heteroatoms. The molecule has 0 heterocycles. The number of hydrogen-bond donors (Lipinski definition) is 0. The van der Waals surface area contributed by atoms with Crippen LogP contribution in [-0.4, -0.2) is 58.1 Å². The van der Waals surface area contributed by atoms with Gasteiger partial charge >= 0.3 is 0 Å². The van der Waals surface area contributed by atoms with Gasteiger partial charge < -0.3 is 14.4 Å². The topological polar surface area (TPSA) is 117 Å². The molecular formula is C15H23ClN2O6. The largest absolute Gasteiger partial charge is 0.493 e. The molecule has 0 saturated carbocycles. The minimum atomic E-state index is -4.94. The lowest BCUT2D eigenvalue weighted by Crippen LogP contribution is -2.68. The Bertz CT molecular complexity index is 572. The lowest BCUT2D eigenvalue weighted by atomic mass is 10.1. The number of benzene rings is 1. The predicted octanol–water partition coefficient (Wildman–Crippen LogP) is -2.81. The highest BCUT2D eigenvalue weighted by Gasteiger charge is 2.09. The molecule has 1 aromatic carbocycles. The molecule has 0 spiro atoms. The number of ether oxygens (including phenoxy) is 2. The van der Waals surface area contributed by atoms with Gasteiger partial charge in [0.15, 0.2) is 17.7 Å². The molecule has 24 heavy (non-hydrogen) atoms. The van der Waals surface area contributed by atoms with Crippen molar-refractivity contribution in [1.29, 1.82) is 0 Å². The first-order valence-electron chi connectivity index (χ1n) is 6.72. The van der Waals surface area contributed by atoms with E-state index in [0.29, 0.717) is 0 Å². The fourth-order valence-electron chi connectivity index (χ4n) is 1.72. The van der Waals surface area contributed by atoms with Crippen molar-refractivity contribution in [2.75, 3.05) is 42.4 Å². The first kappa shape index (κ1) is 22.2. The Labute approximate surface area is 144 Å². The van der Waals surface area contributed by atoms with Crippen molar-refractivity contribution in [3.05, 3.63) is 29.8 Å². The second-order valence-electron chi connectivity index (χ2n) is 5.01. The minimum absolute atomic E-state index is 0.734. The van der Waals surface area contributed by atoms with Gasteiger partial charge in [-0.25, -0.2) is 23.2 Å². The van der Waals surface area contributed by atoms with Crippen LogP contribution in [0.15, 0.2) is 24.3 Å². The summed E-state index contributed by atoms with van der Waals surface area (Å²) in [4.78, 5) is 2.07. The predicted molar refractivity (Wildman–Crippen MR) is 79.4 cm³/mol. The van der Waals surface area contributed by atoms with Gasteiger partial charge in [0.1, 0.15) is 14.1 Å². The summed E-state index contributed by atoms with van der Waals surface area (Å²) in [6.07, 6.45) is 4.09. The number of methoxy groups -OCH3 is 2. The molecule has 0 bridgehead atoms. The number of allylic oxidation sites excluding steroid dienone is 1. The van der Waals surface area contributed by atoms with Crippen LogP contribution in [0.5, 0.6) is 11.5 Å². The van der Waals surface area contributed by atoms with Crippen LogP contribution < -0.4 is 28.1 Å². The van der Waals surface area contributed by atoms with E-state index < -0.39 is 10.2 Å². The van der Waals surface area contributed by atoms with Crippen LogP contribution in [0.3, 0.4) is 0 Å². The van der Waals surface area contributed by atoms with E-state index in [0.717, 1.165) is 22.8 Å². The molecule has 0 aromatic heterocycles. The standard InChI is InChI=1S/C15H23N2O2.ClHO4/c1-16(2)10-9-13(17(3)4)12-7-8-14(18-5)15(11-12)19-6;2-1(3,4)5/h7-11H,1-6H3;(H,2,3,4,5)/q+1;/p-1. The number of halogens is 1. The fraction of sp³-hybridized carbons (Fsp3) is 0.400. The van der Waals surface area contributed by atoms with Gasteiger partial charge in [-0.3, -0.25) is 0 Å². The summed E-state index contributed by atoms with van der Waals surface area (Å²) in [6.45, 7) is 0. The summed E-state index contributed by atoms with van der Waals surface area (Å²) < 4.78 is 46.6. The molecule has 0 radical (unpaired) electrons. The van der Waals surface area contributed by atoms with E-state index in [2.05, 4.69) is 11.0 Å². The van der Waals surface area contributed by atoms with Crippen molar-refractivity contribution in [2.24, 2.45) is 0 Å². The molecule has 0 saturated heterocycles. The molecule has 0 amide bonds. The molecule has 1 rings (SSSR count). The Morgan fingerprint density at radius 1 is 1.04 bits per heavy atom. The van der Waals surface area contributed by atoms with Crippen molar-refractivity contribution in [3.8, 4) is 11.5 Å². The molecule has 0 unspecified atom stereocenters. The van der Waals surface area contributed by atoms with Crippen LogP contribution in [-0.2, 0) is 0 Å².